The fourth-order valence-corrected chi connectivity index (χ4v) is 5.02. The van der Waals surface area contributed by atoms with E-state index in [9.17, 15) is 0 Å². The highest BCUT2D eigenvalue weighted by atomic mass is 35.5. The van der Waals surface area contributed by atoms with E-state index in [-0.39, 0.29) is 30.2 Å². The topological polar surface area (TPSA) is 38.0 Å². The van der Waals surface area contributed by atoms with Gasteiger partial charge in [-0.3, -0.25) is 0 Å². The van der Waals surface area contributed by atoms with Gasteiger partial charge in [0.1, 0.15) is 0 Å². The van der Waals surface area contributed by atoms with E-state index in [1.807, 2.05) is 7.05 Å². The Bertz CT molecular complexity index is 678. The lowest BCUT2D eigenvalue weighted by Crippen LogP contribution is -2.68. The first-order chi connectivity index (χ1) is 13.5. The molecule has 0 heterocycles. The van der Waals surface area contributed by atoms with E-state index >= 15 is 0 Å². The summed E-state index contributed by atoms with van der Waals surface area (Å²) in [7, 11) is 2.03. The first-order valence-electron chi connectivity index (χ1n) is 11.1. The largest absolute Gasteiger partial charge is 0.313 e. The van der Waals surface area contributed by atoms with Gasteiger partial charge < -0.3 is 11.1 Å². The maximum absolute atomic E-state index is 7.11. The van der Waals surface area contributed by atoms with Crippen molar-refractivity contribution in [3.05, 3.63) is 71.8 Å². The van der Waals surface area contributed by atoms with Gasteiger partial charge in [-0.25, -0.2) is 0 Å². The molecule has 0 fully saturated rings. The van der Waals surface area contributed by atoms with Crippen LogP contribution in [0.5, 0.6) is 0 Å². The van der Waals surface area contributed by atoms with Crippen LogP contribution in [0.3, 0.4) is 0 Å². The average molecular weight is 454 g/mol. The number of hydrogen-bond acceptors (Lipinski definition) is 2. The number of unbranched alkanes of at least 4 members (excludes halogenated alkanes) is 2. The van der Waals surface area contributed by atoms with Crippen LogP contribution in [0.4, 0.5) is 0 Å². The first-order valence-corrected chi connectivity index (χ1v) is 11.1. The smallest absolute Gasteiger partial charge is 0.0761 e. The first kappa shape index (κ1) is 28.9. The second kappa shape index (κ2) is 14.1. The van der Waals surface area contributed by atoms with E-state index in [0.717, 1.165) is 25.7 Å². The number of aryl methyl sites for hydroxylation is 1. The van der Waals surface area contributed by atoms with Crippen LogP contribution < -0.4 is 11.1 Å². The monoisotopic (exact) mass is 452 g/mol. The molecule has 0 aliphatic heterocycles. The molecule has 2 unspecified atom stereocenters. The number of benzene rings is 2. The van der Waals surface area contributed by atoms with Gasteiger partial charge in [-0.05, 0) is 49.8 Å². The zero-order chi connectivity index (χ0) is 20.5. The third-order valence-corrected chi connectivity index (χ3v) is 6.54. The van der Waals surface area contributed by atoms with Crippen molar-refractivity contribution in [3.63, 3.8) is 0 Å². The summed E-state index contributed by atoms with van der Waals surface area (Å²) < 4.78 is 0. The molecule has 0 amide bonds. The molecule has 0 saturated carbocycles. The summed E-state index contributed by atoms with van der Waals surface area (Å²) in [5, 5.41) is 3.54. The van der Waals surface area contributed by atoms with Gasteiger partial charge in [0.2, 0.25) is 0 Å². The Morgan fingerprint density at radius 1 is 0.833 bits per heavy atom. The molecule has 2 nitrogen and oxygen atoms in total. The van der Waals surface area contributed by atoms with Crippen molar-refractivity contribution in [3.8, 4) is 0 Å². The number of halogens is 2. The molecular formula is C26H42Cl2N2. The van der Waals surface area contributed by atoms with Crippen LogP contribution in [-0.2, 0) is 11.8 Å². The minimum absolute atomic E-state index is 0. The Kier molecular flexibility index (Phi) is 13.6. The summed E-state index contributed by atoms with van der Waals surface area (Å²) in [4.78, 5) is 0. The molecule has 0 aromatic heterocycles. The van der Waals surface area contributed by atoms with E-state index in [1.54, 1.807) is 0 Å². The second-order valence-corrected chi connectivity index (χ2v) is 8.51. The quantitative estimate of drug-likeness (QED) is 0.271. The van der Waals surface area contributed by atoms with Crippen LogP contribution in [0.2, 0.25) is 0 Å². The summed E-state index contributed by atoms with van der Waals surface area (Å²) in [5.74, 6) is 0.452. The molecule has 0 spiro atoms. The van der Waals surface area contributed by atoms with Crippen molar-refractivity contribution in [2.24, 2.45) is 11.7 Å². The predicted octanol–water partition coefficient (Wildman–Crippen LogP) is 6.90. The van der Waals surface area contributed by atoms with Crippen molar-refractivity contribution >= 4 is 24.8 Å². The molecule has 0 saturated heterocycles. The SMILES string of the molecule is CCCC(N)(NC)C(CCCCCc1ccccc1)(c1ccccc1)C(C)C.Cl.Cl. The minimum Gasteiger partial charge on any atom is -0.313 e. The fraction of sp³-hybridized carbons (Fsp3) is 0.538. The second-order valence-electron chi connectivity index (χ2n) is 8.51. The van der Waals surface area contributed by atoms with E-state index in [2.05, 4.69) is 86.8 Å². The Balaban J connectivity index is 0.00000420. The number of hydrogen-bond donors (Lipinski definition) is 2. The molecule has 2 aromatic rings. The highest BCUT2D eigenvalue weighted by molar-refractivity contribution is 5.85. The van der Waals surface area contributed by atoms with E-state index in [0.29, 0.717) is 5.92 Å². The molecule has 0 radical (unpaired) electrons. The summed E-state index contributed by atoms with van der Waals surface area (Å²) >= 11 is 0. The molecule has 2 atom stereocenters. The third kappa shape index (κ3) is 6.72. The predicted molar refractivity (Wildman–Crippen MR) is 137 cm³/mol. The van der Waals surface area contributed by atoms with Crippen LogP contribution >= 0.6 is 24.8 Å². The summed E-state index contributed by atoms with van der Waals surface area (Å²) in [6.07, 6.45) is 7.99. The zero-order valence-corrected chi connectivity index (χ0v) is 20.8. The van der Waals surface area contributed by atoms with Gasteiger partial charge in [-0.15, -0.1) is 24.8 Å². The molecule has 2 aromatic carbocycles. The summed E-state index contributed by atoms with van der Waals surface area (Å²) in [5.41, 5.74) is 9.44. The molecule has 0 aliphatic rings. The normalized spacial score (nSPS) is 14.9. The maximum atomic E-state index is 7.11. The lowest BCUT2D eigenvalue weighted by molar-refractivity contribution is 0.0983. The lowest BCUT2D eigenvalue weighted by atomic mass is 9.59. The Morgan fingerprint density at radius 3 is 1.90 bits per heavy atom. The summed E-state index contributed by atoms with van der Waals surface area (Å²) in [6.45, 7) is 6.91. The number of likely N-dealkylation sites (N-methyl/N-ethyl adjacent to an activating group) is 1. The number of nitrogens with one attached hydrogen (secondary N) is 1. The lowest BCUT2D eigenvalue weighted by Gasteiger charge is -2.52. The van der Waals surface area contributed by atoms with Gasteiger partial charge in [-0.2, -0.15) is 0 Å². The maximum Gasteiger partial charge on any atom is 0.0761 e. The van der Waals surface area contributed by atoms with Crippen LogP contribution in [0.15, 0.2) is 60.7 Å². The van der Waals surface area contributed by atoms with Gasteiger partial charge in [0.05, 0.1) is 5.66 Å². The van der Waals surface area contributed by atoms with Gasteiger partial charge in [-0.1, -0.05) is 101 Å². The third-order valence-electron chi connectivity index (χ3n) is 6.54. The minimum atomic E-state index is -0.406. The number of nitrogens with two attached hydrogens (primary N) is 1. The number of rotatable bonds is 12. The van der Waals surface area contributed by atoms with Crippen LogP contribution in [-0.4, -0.2) is 12.7 Å². The van der Waals surface area contributed by atoms with E-state index in [1.165, 1.54) is 30.4 Å². The zero-order valence-electron chi connectivity index (χ0n) is 19.2. The molecule has 4 heteroatoms. The van der Waals surface area contributed by atoms with Crippen molar-refractivity contribution in [2.45, 2.75) is 76.8 Å². The van der Waals surface area contributed by atoms with Crippen LogP contribution in [0.1, 0.15) is 70.4 Å². The van der Waals surface area contributed by atoms with Gasteiger partial charge in [0, 0.05) is 5.41 Å². The van der Waals surface area contributed by atoms with Crippen molar-refractivity contribution < 1.29 is 0 Å². The molecule has 3 N–H and O–H groups in total. The molecular weight excluding hydrogens is 411 g/mol. The molecule has 0 aliphatic carbocycles. The highest BCUT2D eigenvalue weighted by Gasteiger charge is 2.50. The Morgan fingerprint density at radius 2 is 1.40 bits per heavy atom. The van der Waals surface area contributed by atoms with E-state index < -0.39 is 5.66 Å². The van der Waals surface area contributed by atoms with Gasteiger partial charge in [0.15, 0.2) is 0 Å². The van der Waals surface area contributed by atoms with Crippen molar-refractivity contribution in [2.75, 3.05) is 7.05 Å². The van der Waals surface area contributed by atoms with Crippen molar-refractivity contribution in [1.29, 1.82) is 0 Å². The van der Waals surface area contributed by atoms with Gasteiger partial charge in [0.25, 0.3) is 0 Å². The molecule has 170 valence electrons. The Labute approximate surface area is 197 Å². The summed E-state index contributed by atoms with van der Waals surface area (Å²) in [6, 6.07) is 21.8. The highest BCUT2D eigenvalue weighted by Crippen LogP contribution is 2.45. The molecule has 30 heavy (non-hydrogen) atoms. The Hall–Kier alpha value is -1.06. The fourth-order valence-electron chi connectivity index (χ4n) is 5.02. The van der Waals surface area contributed by atoms with Crippen LogP contribution in [0, 0.1) is 5.92 Å². The van der Waals surface area contributed by atoms with Crippen LogP contribution in [0.25, 0.3) is 0 Å². The van der Waals surface area contributed by atoms with Crippen molar-refractivity contribution in [1.82, 2.24) is 5.32 Å². The molecule has 2 rings (SSSR count). The van der Waals surface area contributed by atoms with Gasteiger partial charge >= 0.3 is 0 Å². The molecule has 0 bridgehead atoms. The average Bonchev–Trinajstić information content (AvgIpc) is 2.72. The van der Waals surface area contributed by atoms with E-state index in [4.69, 9.17) is 5.73 Å². The standard InChI is InChI=1S/C26H40N2.2ClH/c1-5-20-26(27,28-4)25(22(2)3,24-18-12-7-13-19-24)21-14-8-11-17-23-15-9-6-10-16-23;;/h6-7,9-10,12-13,15-16,18-19,22,28H,5,8,11,14,17,20-21,27H2,1-4H3;2*1H.